The summed E-state index contributed by atoms with van der Waals surface area (Å²) in [6, 6.07) is 1.58. The molecule has 0 radical (unpaired) electrons. The maximum absolute atomic E-state index is 11.8. The van der Waals surface area contributed by atoms with Gasteiger partial charge in [-0.1, -0.05) is 0 Å². The van der Waals surface area contributed by atoms with Gasteiger partial charge in [0.1, 0.15) is 5.75 Å². The number of hydrogen-bond donors (Lipinski definition) is 3. The van der Waals surface area contributed by atoms with Crippen LogP contribution in [0.25, 0.3) is 10.9 Å². The van der Waals surface area contributed by atoms with Gasteiger partial charge in [-0.2, -0.15) is 0 Å². The lowest BCUT2D eigenvalue weighted by molar-refractivity contribution is 0.0692. The van der Waals surface area contributed by atoms with Crippen molar-refractivity contribution in [2.45, 2.75) is 25.7 Å². The number of aromatic nitrogens is 2. The Kier molecular flexibility index (Phi) is 2.35. The van der Waals surface area contributed by atoms with Crippen LogP contribution in [0.1, 0.15) is 40.5 Å². The van der Waals surface area contributed by atoms with Gasteiger partial charge < -0.3 is 15.2 Å². The number of aromatic hydroxyl groups is 1. The van der Waals surface area contributed by atoms with Crippen LogP contribution in [-0.4, -0.2) is 26.2 Å². The topological polar surface area (TPSA) is 103 Å². The number of carboxylic acids is 1. The van der Waals surface area contributed by atoms with Crippen LogP contribution >= 0.6 is 0 Å². The molecular weight excluding hydrogens is 248 g/mol. The molecule has 0 spiro atoms. The van der Waals surface area contributed by atoms with Gasteiger partial charge in [0.25, 0.3) is 5.56 Å². The summed E-state index contributed by atoms with van der Waals surface area (Å²) in [4.78, 5) is 29.7. The van der Waals surface area contributed by atoms with Crippen molar-refractivity contribution in [3.63, 3.8) is 0 Å². The van der Waals surface area contributed by atoms with Gasteiger partial charge in [0.2, 0.25) is 0 Å². The Morgan fingerprint density at radius 3 is 2.74 bits per heavy atom. The monoisotopic (exact) mass is 260 g/mol. The first-order chi connectivity index (χ1) is 8.99. The molecule has 0 bridgehead atoms. The standard InChI is InChI=1S/C13H12N2O4/c1-5-4-7-10(9(14-5)6-2-3-6)15-12(17)8(11(7)16)13(18)19/h4,6H,2-3H2,1H3,(H,18,19)(H2,15,16,17). The minimum absolute atomic E-state index is 0.285. The summed E-state index contributed by atoms with van der Waals surface area (Å²) < 4.78 is 0. The Hall–Kier alpha value is -2.37. The largest absolute Gasteiger partial charge is 0.506 e. The molecule has 0 amide bonds. The molecule has 2 aromatic heterocycles. The lowest BCUT2D eigenvalue weighted by Gasteiger charge is -2.09. The third kappa shape index (κ3) is 1.76. The zero-order valence-electron chi connectivity index (χ0n) is 10.2. The number of pyridine rings is 2. The van der Waals surface area contributed by atoms with Gasteiger partial charge in [0.05, 0.1) is 11.2 Å². The van der Waals surface area contributed by atoms with Crippen molar-refractivity contribution in [1.82, 2.24) is 9.97 Å². The highest BCUT2D eigenvalue weighted by Gasteiger charge is 2.29. The first kappa shape index (κ1) is 11.7. The Morgan fingerprint density at radius 1 is 1.47 bits per heavy atom. The summed E-state index contributed by atoms with van der Waals surface area (Å²) in [5.41, 5.74) is 0.443. The number of nitrogens with zero attached hydrogens (tertiary/aromatic N) is 1. The van der Waals surface area contributed by atoms with Crippen molar-refractivity contribution in [2.24, 2.45) is 0 Å². The highest BCUT2D eigenvalue weighted by Crippen LogP contribution is 2.42. The number of carbonyl (C=O) groups is 1. The third-order valence-electron chi connectivity index (χ3n) is 3.31. The molecular formula is C13H12N2O4. The molecule has 3 rings (SSSR count). The minimum Gasteiger partial charge on any atom is -0.506 e. The molecule has 3 N–H and O–H groups in total. The van der Waals surface area contributed by atoms with E-state index < -0.39 is 22.8 Å². The van der Waals surface area contributed by atoms with Crippen molar-refractivity contribution in [1.29, 1.82) is 0 Å². The quantitative estimate of drug-likeness (QED) is 0.759. The lowest BCUT2D eigenvalue weighted by atomic mass is 10.1. The van der Waals surface area contributed by atoms with Gasteiger partial charge >= 0.3 is 5.97 Å². The van der Waals surface area contributed by atoms with E-state index in [0.717, 1.165) is 18.5 Å². The average molecular weight is 260 g/mol. The number of aromatic carboxylic acids is 1. The number of rotatable bonds is 2. The summed E-state index contributed by atoms with van der Waals surface area (Å²) in [6.07, 6.45) is 1.99. The molecule has 1 saturated carbocycles. The van der Waals surface area contributed by atoms with E-state index in [0.29, 0.717) is 16.6 Å². The van der Waals surface area contributed by atoms with E-state index >= 15 is 0 Å². The van der Waals surface area contributed by atoms with E-state index in [1.165, 1.54) is 0 Å². The number of H-pyrrole nitrogens is 1. The molecule has 0 unspecified atom stereocenters. The van der Waals surface area contributed by atoms with Crippen molar-refractivity contribution >= 4 is 16.9 Å². The predicted molar refractivity (Wildman–Crippen MR) is 67.7 cm³/mol. The molecule has 0 saturated heterocycles. The van der Waals surface area contributed by atoms with Gasteiger partial charge in [-0.05, 0) is 25.8 Å². The van der Waals surface area contributed by atoms with Crippen molar-refractivity contribution in [3.05, 3.63) is 33.4 Å². The molecule has 2 heterocycles. The van der Waals surface area contributed by atoms with E-state index in [-0.39, 0.29) is 5.92 Å². The Morgan fingerprint density at radius 2 is 2.16 bits per heavy atom. The van der Waals surface area contributed by atoms with Gasteiger partial charge in [0.15, 0.2) is 5.56 Å². The number of hydrogen-bond acceptors (Lipinski definition) is 4. The van der Waals surface area contributed by atoms with Crippen LogP contribution < -0.4 is 5.56 Å². The second kappa shape index (κ2) is 3.81. The van der Waals surface area contributed by atoms with Crippen LogP contribution in [0.4, 0.5) is 0 Å². The summed E-state index contributed by atoms with van der Waals surface area (Å²) >= 11 is 0. The molecule has 0 aliphatic heterocycles. The van der Waals surface area contributed by atoms with Crippen molar-refractivity contribution < 1.29 is 15.0 Å². The first-order valence-electron chi connectivity index (χ1n) is 5.99. The van der Waals surface area contributed by atoms with Crippen LogP contribution in [0.3, 0.4) is 0 Å². The zero-order chi connectivity index (χ0) is 13.7. The van der Waals surface area contributed by atoms with Crippen LogP contribution in [0, 0.1) is 6.92 Å². The molecule has 1 aliphatic carbocycles. The second-order valence-electron chi connectivity index (χ2n) is 4.83. The fraction of sp³-hybridized carbons (Fsp3) is 0.308. The molecule has 0 atom stereocenters. The highest BCUT2D eigenvalue weighted by molar-refractivity contribution is 5.99. The molecule has 1 fully saturated rings. The first-order valence-corrected chi connectivity index (χ1v) is 5.99. The summed E-state index contributed by atoms with van der Waals surface area (Å²) in [5, 5.41) is 19.3. The maximum Gasteiger partial charge on any atom is 0.345 e. The highest BCUT2D eigenvalue weighted by atomic mass is 16.4. The van der Waals surface area contributed by atoms with Crippen LogP contribution in [0.2, 0.25) is 0 Å². The third-order valence-corrected chi connectivity index (χ3v) is 3.31. The Balaban J connectivity index is 2.44. The van der Waals surface area contributed by atoms with E-state index in [4.69, 9.17) is 5.11 Å². The lowest BCUT2D eigenvalue weighted by Crippen LogP contribution is -2.18. The van der Waals surface area contributed by atoms with Gasteiger partial charge in [0, 0.05) is 17.0 Å². The smallest absolute Gasteiger partial charge is 0.345 e. The van der Waals surface area contributed by atoms with Crippen LogP contribution in [0.5, 0.6) is 5.75 Å². The SMILES string of the molecule is Cc1cc2c(O)c(C(=O)O)c(=O)[nH]c2c(C2CC2)n1. The number of aromatic amines is 1. The number of aryl methyl sites for hydroxylation is 1. The normalized spacial score (nSPS) is 14.8. The van der Waals surface area contributed by atoms with Gasteiger partial charge in [-0.25, -0.2) is 4.79 Å². The molecule has 19 heavy (non-hydrogen) atoms. The maximum atomic E-state index is 11.8. The fourth-order valence-corrected chi connectivity index (χ4v) is 2.28. The Bertz CT molecular complexity index is 759. The summed E-state index contributed by atoms with van der Waals surface area (Å²) in [7, 11) is 0. The molecule has 2 aromatic rings. The molecule has 0 aromatic carbocycles. The van der Waals surface area contributed by atoms with Gasteiger partial charge in [-0.15, -0.1) is 0 Å². The molecule has 98 valence electrons. The molecule has 1 aliphatic rings. The summed E-state index contributed by atoms with van der Waals surface area (Å²) in [5.74, 6) is -1.64. The van der Waals surface area contributed by atoms with E-state index in [9.17, 15) is 14.7 Å². The Labute approximate surface area is 107 Å². The van der Waals surface area contributed by atoms with Gasteiger partial charge in [-0.3, -0.25) is 9.78 Å². The van der Waals surface area contributed by atoms with Crippen molar-refractivity contribution in [3.8, 4) is 5.75 Å². The van der Waals surface area contributed by atoms with Crippen molar-refractivity contribution in [2.75, 3.05) is 0 Å². The zero-order valence-corrected chi connectivity index (χ0v) is 10.2. The van der Waals surface area contributed by atoms with E-state index in [1.807, 2.05) is 0 Å². The fourth-order valence-electron chi connectivity index (χ4n) is 2.28. The average Bonchev–Trinajstić information content (AvgIpc) is 3.13. The molecule has 6 nitrogen and oxygen atoms in total. The van der Waals surface area contributed by atoms with E-state index in [1.54, 1.807) is 13.0 Å². The predicted octanol–water partition coefficient (Wildman–Crippen LogP) is 1.51. The minimum atomic E-state index is -1.44. The summed E-state index contributed by atoms with van der Waals surface area (Å²) in [6.45, 7) is 1.77. The number of carboxylic acid groups (broad SMARTS) is 1. The molecule has 6 heteroatoms. The van der Waals surface area contributed by atoms with E-state index in [2.05, 4.69) is 9.97 Å². The number of nitrogens with one attached hydrogen (secondary N) is 1. The second-order valence-corrected chi connectivity index (χ2v) is 4.83. The van der Waals surface area contributed by atoms with Crippen LogP contribution in [0.15, 0.2) is 10.9 Å². The number of fused-ring (bicyclic) bond motifs is 1. The van der Waals surface area contributed by atoms with Crippen LogP contribution in [-0.2, 0) is 0 Å².